The maximum Gasteiger partial charge on any atom is 0.0991 e. The molecule has 0 aliphatic rings. The average Bonchev–Trinajstić information content (AvgIpc) is 2.17. The summed E-state index contributed by atoms with van der Waals surface area (Å²) in [7, 11) is 0. The van der Waals surface area contributed by atoms with E-state index in [1.54, 1.807) is 0 Å². The van der Waals surface area contributed by atoms with Crippen LogP contribution in [0.3, 0.4) is 0 Å². The fourth-order valence-electron chi connectivity index (χ4n) is 1.00. The van der Waals surface area contributed by atoms with Crippen molar-refractivity contribution in [3.63, 3.8) is 0 Å². The lowest BCUT2D eigenvalue weighted by atomic mass is 10.1. The predicted octanol–water partition coefficient (Wildman–Crippen LogP) is 2.98. The molecule has 0 aromatic heterocycles. The number of nitrogens with zero attached hydrogens (tertiary/aromatic N) is 1. The van der Waals surface area contributed by atoms with Crippen LogP contribution in [0.25, 0.3) is 5.57 Å². The van der Waals surface area contributed by atoms with Gasteiger partial charge in [-0.05, 0) is 37.1 Å². The van der Waals surface area contributed by atoms with Gasteiger partial charge in [0.2, 0.25) is 0 Å². The Morgan fingerprint density at radius 1 is 1.50 bits per heavy atom. The molecule has 0 radical (unpaired) electrons. The molecule has 0 aliphatic heterocycles. The van der Waals surface area contributed by atoms with Gasteiger partial charge in [-0.3, -0.25) is 0 Å². The smallest absolute Gasteiger partial charge is 0.0991 e. The van der Waals surface area contributed by atoms with E-state index < -0.39 is 0 Å². The fraction of sp³-hybridized carbons (Fsp3) is 0.182. The first-order chi connectivity index (χ1) is 5.77. The van der Waals surface area contributed by atoms with E-state index >= 15 is 0 Å². The van der Waals surface area contributed by atoms with Crippen LogP contribution >= 0.6 is 0 Å². The van der Waals surface area contributed by atoms with Crippen LogP contribution in [0.4, 0.5) is 0 Å². The van der Waals surface area contributed by atoms with Gasteiger partial charge in [-0.1, -0.05) is 18.2 Å². The van der Waals surface area contributed by atoms with E-state index in [0.717, 1.165) is 5.56 Å². The lowest BCUT2D eigenvalue weighted by Crippen LogP contribution is -1.80. The van der Waals surface area contributed by atoms with E-state index in [1.165, 1.54) is 5.57 Å². The van der Waals surface area contributed by atoms with Gasteiger partial charge in [0.25, 0.3) is 0 Å². The summed E-state index contributed by atoms with van der Waals surface area (Å²) in [5.41, 5.74) is 3.04. The number of allylic oxidation sites excluding steroid dienone is 2. The van der Waals surface area contributed by atoms with Crippen molar-refractivity contribution in [1.82, 2.24) is 0 Å². The predicted molar refractivity (Wildman–Crippen MR) is 50.5 cm³/mol. The maximum atomic E-state index is 8.65. The summed E-state index contributed by atoms with van der Waals surface area (Å²) < 4.78 is 0. The molecule has 0 heterocycles. The summed E-state index contributed by atoms with van der Waals surface area (Å²) in [6, 6.07) is 9.74. The zero-order chi connectivity index (χ0) is 8.97. The molecular weight excluding hydrogens is 146 g/mol. The largest absolute Gasteiger partial charge is 0.192 e. The average molecular weight is 157 g/mol. The van der Waals surface area contributed by atoms with Crippen molar-refractivity contribution < 1.29 is 0 Å². The van der Waals surface area contributed by atoms with Crippen LogP contribution in [0.15, 0.2) is 30.3 Å². The molecule has 0 saturated carbocycles. The van der Waals surface area contributed by atoms with Gasteiger partial charge in [0, 0.05) is 0 Å². The Morgan fingerprint density at radius 2 is 2.25 bits per heavy atom. The lowest BCUT2D eigenvalue weighted by molar-refractivity contribution is 1.46. The third kappa shape index (κ3) is 1.73. The summed E-state index contributed by atoms with van der Waals surface area (Å²) in [4.78, 5) is 0. The number of hydrogen-bond acceptors (Lipinski definition) is 1. The number of nitriles is 1. The first-order valence-corrected chi connectivity index (χ1v) is 3.91. The first kappa shape index (κ1) is 8.55. The quantitative estimate of drug-likeness (QED) is 0.614. The number of benzene rings is 1. The van der Waals surface area contributed by atoms with Crippen LogP contribution in [0, 0.1) is 11.3 Å². The second-order valence-electron chi connectivity index (χ2n) is 2.66. The standard InChI is InChI=1S/C11H11N/c1-3-9(2)11-6-4-5-10(7-11)8-12/h3-7H,1-2H3. The molecule has 1 aromatic carbocycles. The van der Waals surface area contributed by atoms with E-state index in [1.807, 2.05) is 44.2 Å². The Labute approximate surface area is 73.0 Å². The van der Waals surface area contributed by atoms with Gasteiger partial charge in [-0.15, -0.1) is 0 Å². The summed E-state index contributed by atoms with van der Waals surface area (Å²) >= 11 is 0. The summed E-state index contributed by atoms with van der Waals surface area (Å²) in [5, 5.41) is 8.65. The molecule has 12 heavy (non-hydrogen) atoms. The summed E-state index contributed by atoms with van der Waals surface area (Å²) in [6.45, 7) is 4.03. The van der Waals surface area contributed by atoms with Crippen molar-refractivity contribution in [1.29, 1.82) is 5.26 Å². The van der Waals surface area contributed by atoms with Gasteiger partial charge in [0.05, 0.1) is 11.6 Å². The highest BCUT2D eigenvalue weighted by Gasteiger charge is 1.94. The molecule has 0 spiro atoms. The molecule has 0 bridgehead atoms. The van der Waals surface area contributed by atoms with E-state index in [0.29, 0.717) is 5.56 Å². The second-order valence-corrected chi connectivity index (χ2v) is 2.66. The van der Waals surface area contributed by atoms with Crippen LogP contribution in [0.2, 0.25) is 0 Å². The second kappa shape index (κ2) is 3.73. The zero-order valence-electron chi connectivity index (χ0n) is 7.33. The maximum absolute atomic E-state index is 8.65. The topological polar surface area (TPSA) is 23.8 Å². The molecule has 1 rings (SSSR count). The van der Waals surface area contributed by atoms with Crippen molar-refractivity contribution in [2.75, 3.05) is 0 Å². The molecule has 60 valence electrons. The highest BCUT2D eigenvalue weighted by molar-refractivity contribution is 5.64. The van der Waals surface area contributed by atoms with E-state index in [9.17, 15) is 0 Å². The molecule has 1 nitrogen and oxygen atoms in total. The van der Waals surface area contributed by atoms with E-state index in [2.05, 4.69) is 6.07 Å². The molecule has 1 heteroatoms. The van der Waals surface area contributed by atoms with E-state index in [4.69, 9.17) is 5.26 Å². The molecule has 0 fully saturated rings. The third-order valence-corrected chi connectivity index (χ3v) is 1.88. The highest BCUT2D eigenvalue weighted by Crippen LogP contribution is 2.14. The first-order valence-electron chi connectivity index (χ1n) is 3.91. The fourth-order valence-corrected chi connectivity index (χ4v) is 1.00. The number of rotatable bonds is 1. The minimum Gasteiger partial charge on any atom is -0.192 e. The Hall–Kier alpha value is -1.55. The Morgan fingerprint density at radius 3 is 2.83 bits per heavy atom. The lowest BCUT2D eigenvalue weighted by Gasteiger charge is -1.99. The van der Waals surface area contributed by atoms with Crippen LogP contribution in [0.5, 0.6) is 0 Å². The van der Waals surface area contributed by atoms with Gasteiger partial charge in [0.15, 0.2) is 0 Å². The van der Waals surface area contributed by atoms with Gasteiger partial charge >= 0.3 is 0 Å². The van der Waals surface area contributed by atoms with Crippen molar-refractivity contribution in [2.24, 2.45) is 0 Å². The summed E-state index contributed by atoms with van der Waals surface area (Å²) in [6.07, 6.45) is 2.04. The molecular formula is C11H11N. The third-order valence-electron chi connectivity index (χ3n) is 1.88. The van der Waals surface area contributed by atoms with Crippen molar-refractivity contribution in [2.45, 2.75) is 13.8 Å². The Kier molecular flexibility index (Phi) is 2.66. The minimum atomic E-state index is 0.716. The summed E-state index contributed by atoms with van der Waals surface area (Å²) in [5.74, 6) is 0. The van der Waals surface area contributed by atoms with Crippen molar-refractivity contribution in [3.05, 3.63) is 41.5 Å². The van der Waals surface area contributed by atoms with Gasteiger partial charge in [-0.2, -0.15) is 5.26 Å². The van der Waals surface area contributed by atoms with Gasteiger partial charge in [0.1, 0.15) is 0 Å². The van der Waals surface area contributed by atoms with Crippen LogP contribution < -0.4 is 0 Å². The molecule has 0 atom stereocenters. The monoisotopic (exact) mass is 157 g/mol. The highest BCUT2D eigenvalue weighted by atomic mass is 14.2. The molecule has 0 unspecified atom stereocenters. The molecule has 0 amide bonds. The zero-order valence-corrected chi connectivity index (χ0v) is 7.33. The van der Waals surface area contributed by atoms with Crippen LogP contribution in [-0.4, -0.2) is 0 Å². The van der Waals surface area contributed by atoms with Gasteiger partial charge in [-0.25, -0.2) is 0 Å². The van der Waals surface area contributed by atoms with Crippen LogP contribution in [0.1, 0.15) is 25.0 Å². The van der Waals surface area contributed by atoms with E-state index in [-0.39, 0.29) is 0 Å². The molecule has 0 saturated heterocycles. The SMILES string of the molecule is CC=C(C)c1cccc(C#N)c1. The number of hydrogen-bond donors (Lipinski definition) is 0. The van der Waals surface area contributed by atoms with Crippen molar-refractivity contribution in [3.8, 4) is 6.07 Å². The Bertz CT molecular complexity index is 342. The van der Waals surface area contributed by atoms with Crippen LogP contribution in [-0.2, 0) is 0 Å². The van der Waals surface area contributed by atoms with Gasteiger partial charge < -0.3 is 0 Å². The van der Waals surface area contributed by atoms with Crippen molar-refractivity contribution >= 4 is 5.57 Å². The molecule has 0 N–H and O–H groups in total. The Balaban J connectivity index is 3.12. The molecule has 1 aromatic rings. The minimum absolute atomic E-state index is 0.716. The molecule has 0 aliphatic carbocycles. The normalized spacial score (nSPS) is 10.9.